The molecule has 28 heavy (non-hydrogen) atoms. The van der Waals surface area contributed by atoms with Gasteiger partial charge in [0, 0.05) is 11.1 Å². The van der Waals surface area contributed by atoms with Crippen molar-refractivity contribution in [1.82, 2.24) is 4.98 Å². The molecule has 0 saturated carbocycles. The van der Waals surface area contributed by atoms with Crippen molar-refractivity contribution < 1.29 is 0 Å². The molecule has 0 atom stereocenters. The van der Waals surface area contributed by atoms with Crippen LogP contribution in [0.15, 0.2) is 53.5 Å². The molecular formula is C23H17N3S2. The van der Waals surface area contributed by atoms with Crippen molar-refractivity contribution in [2.24, 2.45) is 4.99 Å². The molecule has 2 heterocycles. The zero-order valence-electron chi connectivity index (χ0n) is 15.2. The van der Waals surface area contributed by atoms with Gasteiger partial charge in [-0.05, 0) is 61.1 Å². The van der Waals surface area contributed by atoms with Gasteiger partial charge in [-0.25, -0.2) is 9.98 Å². The number of hydrogen-bond donors (Lipinski definition) is 0. The van der Waals surface area contributed by atoms with E-state index in [2.05, 4.69) is 24.3 Å². The van der Waals surface area contributed by atoms with E-state index >= 15 is 0 Å². The van der Waals surface area contributed by atoms with Gasteiger partial charge in [0.1, 0.15) is 10.0 Å². The molecule has 2 aromatic heterocycles. The average Bonchev–Trinajstić information content (AvgIpc) is 3.33. The minimum atomic E-state index is 0.666. The second kappa shape index (κ2) is 7.31. The van der Waals surface area contributed by atoms with Crippen LogP contribution in [-0.4, -0.2) is 11.2 Å². The highest BCUT2D eigenvalue weighted by Gasteiger charge is 2.23. The molecule has 0 saturated heterocycles. The minimum absolute atomic E-state index is 0.666. The Kier molecular flexibility index (Phi) is 4.52. The van der Waals surface area contributed by atoms with Crippen molar-refractivity contribution in [2.75, 3.05) is 0 Å². The van der Waals surface area contributed by atoms with Crippen LogP contribution in [0, 0.1) is 11.3 Å². The van der Waals surface area contributed by atoms with Gasteiger partial charge in [0.2, 0.25) is 0 Å². The summed E-state index contributed by atoms with van der Waals surface area (Å²) in [6, 6.07) is 18.0. The van der Waals surface area contributed by atoms with E-state index in [4.69, 9.17) is 15.2 Å². The summed E-state index contributed by atoms with van der Waals surface area (Å²) in [5.74, 6) is 0. The fraction of sp³-hybridized carbons (Fsp3) is 0.174. The summed E-state index contributed by atoms with van der Waals surface area (Å²) < 4.78 is 1.22. The molecular weight excluding hydrogens is 382 g/mol. The zero-order chi connectivity index (χ0) is 18.9. The summed E-state index contributed by atoms with van der Waals surface area (Å²) in [6.07, 6.45) is 6.65. The van der Waals surface area contributed by atoms with Crippen LogP contribution in [-0.2, 0) is 12.8 Å². The zero-order valence-corrected chi connectivity index (χ0v) is 16.8. The molecule has 0 fully saturated rings. The van der Waals surface area contributed by atoms with Gasteiger partial charge in [0.05, 0.1) is 27.4 Å². The van der Waals surface area contributed by atoms with Gasteiger partial charge in [-0.3, -0.25) is 0 Å². The van der Waals surface area contributed by atoms with Crippen LogP contribution in [0.4, 0.5) is 5.00 Å². The molecule has 1 aliphatic carbocycles. The minimum Gasteiger partial charge on any atom is -0.245 e. The highest BCUT2D eigenvalue weighted by atomic mass is 32.1. The maximum atomic E-state index is 8.96. The molecule has 2 aromatic carbocycles. The maximum absolute atomic E-state index is 8.96. The summed E-state index contributed by atoms with van der Waals surface area (Å²) >= 11 is 3.56. The summed E-state index contributed by atoms with van der Waals surface area (Å²) in [7, 11) is 0. The lowest BCUT2D eigenvalue weighted by atomic mass is 9.96. The second-order valence-corrected chi connectivity index (χ2v) is 8.98. The van der Waals surface area contributed by atoms with E-state index in [-0.39, 0.29) is 0 Å². The van der Waals surface area contributed by atoms with Gasteiger partial charge in [-0.2, -0.15) is 5.26 Å². The number of para-hydroxylation sites is 1. The Balaban J connectivity index is 1.60. The molecule has 4 aromatic rings. The van der Waals surface area contributed by atoms with Crippen LogP contribution in [0.1, 0.15) is 34.4 Å². The molecule has 0 radical (unpaired) electrons. The van der Waals surface area contributed by atoms with E-state index in [1.165, 1.54) is 33.5 Å². The van der Waals surface area contributed by atoms with Crippen LogP contribution in [0.2, 0.25) is 0 Å². The van der Waals surface area contributed by atoms with Gasteiger partial charge in [-0.1, -0.05) is 24.3 Å². The third-order valence-corrected chi connectivity index (χ3v) is 7.28. The van der Waals surface area contributed by atoms with Crippen LogP contribution < -0.4 is 0 Å². The Bertz CT molecular complexity index is 1190. The first-order chi connectivity index (χ1) is 13.8. The first-order valence-electron chi connectivity index (χ1n) is 9.36. The van der Waals surface area contributed by atoms with E-state index in [9.17, 15) is 0 Å². The normalized spacial score (nSPS) is 13.7. The fourth-order valence-electron chi connectivity index (χ4n) is 3.62. The third kappa shape index (κ3) is 3.15. The van der Waals surface area contributed by atoms with Crippen molar-refractivity contribution >= 4 is 44.1 Å². The molecule has 0 N–H and O–H groups in total. The molecule has 0 bridgehead atoms. The highest BCUT2D eigenvalue weighted by molar-refractivity contribution is 7.22. The first kappa shape index (κ1) is 17.3. The van der Waals surface area contributed by atoms with Crippen LogP contribution in [0.25, 0.3) is 20.8 Å². The maximum Gasteiger partial charge on any atom is 0.127 e. The van der Waals surface area contributed by atoms with E-state index < -0.39 is 0 Å². The van der Waals surface area contributed by atoms with Crippen molar-refractivity contribution in [1.29, 1.82) is 5.26 Å². The predicted octanol–water partition coefficient (Wildman–Crippen LogP) is 6.53. The summed E-state index contributed by atoms with van der Waals surface area (Å²) in [5, 5.41) is 11.1. The Labute approximate surface area is 171 Å². The Morgan fingerprint density at radius 3 is 2.64 bits per heavy atom. The Hall–Kier alpha value is -2.81. The van der Waals surface area contributed by atoms with Crippen molar-refractivity contribution in [3.05, 3.63) is 70.1 Å². The quantitative estimate of drug-likeness (QED) is 0.368. The number of aryl methyl sites for hydroxylation is 1. The van der Waals surface area contributed by atoms with Gasteiger partial charge < -0.3 is 0 Å². The highest BCUT2D eigenvalue weighted by Crippen LogP contribution is 2.47. The molecule has 5 heteroatoms. The topological polar surface area (TPSA) is 49.0 Å². The summed E-state index contributed by atoms with van der Waals surface area (Å²) in [5.41, 5.74) is 5.40. The van der Waals surface area contributed by atoms with Gasteiger partial charge in [0.15, 0.2) is 0 Å². The van der Waals surface area contributed by atoms with E-state index in [0.29, 0.717) is 5.56 Å². The number of aromatic nitrogens is 1. The SMILES string of the molecule is N#Cc1ccc(C=Nc2sc3c(c2-c2nc4ccccc4s2)CCCC3)cc1. The first-order valence-corrected chi connectivity index (χ1v) is 11.0. The fourth-order valence-corrected chi connectivity index (χ4v) is 5.96. The Morgan fingerprint density at radius 2 is 1.82 bits per heavy atom. The number of nitriles is 1. The smallest absolute Gasteiger partial charge is 0.127 e. The number of hydrogen-bond acceptors (Lipinski definition) is 5. The lowest BCUT2D eigenvalue weighted by Gasteiger charge is -2.11. The Morgan fingerprint density at radius 1 is 1.00 bits per heavy atom. The number of fused-ring (bicyclic) bond motifs is 2. The third-order valence-electron chi connectivity index (χ3n) is 5.03. The summed E-state index contributed by atoms with van der Waals surface area (Å²) in [6.45, 7) is 0. The second-order valence-electron chi connectivity index (χ2n) is 6.87. The van der Waals surface area contributed by atoms with Crippen LogP contribution in [0.5, 0.6) is 0 Å². The summed E-state index contributed by atoms with van der Waals surface area (Å²) in [4.78, 5) is 11.2. The number of benzene rings is 2. The molecule has 0 unspecified atom stereocenters. The van der Waals surface area contributed by atoms with E-state index in [1.807, 2.05) is 47.9 Å². The molecule has 0 spiro atoms. The predicted molar refractivity (Wildman–Crippen MR) is 118 cm³/mol. The molecule has 5 rings (SSSR count). The lowest BCUT2D eigenvalue weighted by Crippen LogP contribution is -1.99. The van der Waals surface area contributed by atoms with Crippen molar-refractivity contribution in [2.45, 2.75) is 25.7 Å². The van der Waals surface area contributed by atoms with Crippen LogP contribution >= 0.6 is 22.7 Å². The van der Waals surface area contributed by atoms with Gasteiger partial charge >= 0.3 is 0 Å². The van der Waals surface area contributed by atoms with E-state index in [1.54, 1.807) is 11.3 Å². The van der Waals surface area contributed by atoms with Gasteiger partial charge in [-0.15, -0.1) is 22.7 Å². The number of thiazole rings is 1. The molecule has 3 nitrogen and oxygen atoms in total. The number of aliphatic imine (C=N–C) groups is 1. The standard InChI is InChI=1S/C23H17N3S2/c24-13-15-9-11-16(12-10-15)14-25-22-21(17-5-1-3-7-19(17)27-22)23-26-18-6-2-4-8-20(18)28-23/h2,4,6,8-12,14H,1,3,5,7H2. The number of thiophene rings is 1. The molecule has 0 amide bonds. The van der Waals surface area contributed by atoms with Crippen molar-refractivity contribution in [3.63, 3.8) is 0 Å². The monoisotopic (exact) mass is 399 g/mol. The van der Waals surface area contributed by atoms with Crippen LogP contribution in [0.3, 0.4) is 0 Å². The number of nitrogens with zero attached hydrogens (tertiary/aromatic N) is 3. The lowest BCUT2D eigenvalue weighted by molar-refractivity contribution is 0.698. The molecule has 1 aliphatic rings. The average molecular weight is 400 g/mol. The van der Waals surface area contributed by atoms with Gasteiger partial charge in [0.25, 0.3) is 0 Å². The molecule has 0 aliphatic heterocycles. The molecule has 136 valence electrons. The largest absolute Gasteiger partial charge is 0.245 e. The number of rotatable bonds is 3. The van der Waals surface area contributed by atoms with Crippen molar-refractivity contribution in [3.8, 4) is 16.6 Å². The van der Waals surface area contributed by atoms with E-state index in [0.717, 1.165) is 33.9 Å².